The first-order valence-electron chi connectivity index (χ1n) is 5.75. The van der Waals surface area contributed by atoms with Gasteiger partial charge in [0.15, 0.2) is 0 Å². The van der Waals surface area contributed by atoms with E-state index < -0.39 is 4.92 Å². The average molecular weight is 236 g/mol. The average Bonchev–Trinajstić information content (AvgIpc) is 2.70. The molecular formula is C12H16N2O3. The highest BCUT2D eigenvalue weighted by Gasteiger charge is 2.30. The molecule has 0 amide bonds. The highest BCUT2D eigenvalue weighted by molar-refractivity contribution is 5.52. The Morgan fingerprint density at radius 2 is 2.12 bits per heavy atom. The fourth-order valence-electron chi connectivity index (χ4n) is 2.37. The SMILES string of the molecule is CC1CCN(c2ccc([N+](=O)[O-])cc2)C1CO. The Bertz CT molecular complexity index is 405. The second-order valence-electron chi connectivity index (χ2n) is 4.48. The quantitative estimate of drug-likeness (QED) is 0.642. The van der Waals surface area contributed by atoms with E-state index in [-0.39, 0.29) is 18.3 Å². The van der Waals surface area contributed by atoms with Crippen LogP contribution in [0, 0.1) is 16.0 Å². The topological polar surface area (TPSA) is 66.6 Å². The van der Waals surface area contributed by atoms with Gasteiger partial charge in [-0.3, -0.25) is 10.1 Å². The zero-order valence-electron chi connectivity index (χ0n) is 9.74. The lowest BCUT2D eigenvalue weighted by Crippen LogP contribution is -2.35. The summed E-state index contributed by atoms with van der Waals surface area (Å²) < 4.78 is 0. The van der Waals surface area contributed by atoms with E-state index in [0.717, 1.165) is 18.7 Å². The van der Waals surface area contributed by atoms with Crippen molar-refractivity contribution in [2.45, 2.75) is 19.4 Å². The number of hydrogen-bond acceptors (Lipinski definition) is 4. The number of anilines is 1. The first-order valence-corrected chi connectivity index (χ1v) is 5.75. The van der Waals surface area contributed by atoms with Gasteiger partial charge in [-0.15, -0.1) is 0 Å². The van der Waals surface area contributed by atoms with Gasteiger partial charge in [0.2, 0.25) is 0 Å². The van der Waals surface area contributed by atoms with Crippen LogP contribution in [0.5, 0.6) is 0 Å². The van der Waals surface area contributed by atoms with Gasteiger partial charge in [0.25, 0.3) is 5.69 Å². The molecule has 92 valence electrons. The lowest BCUT2D eigenvalue weighted by molar-refractivity contribution is -0.384. The molecule has 17 heavy (non-hydrogen) atoms. The number of nitrogens with zero attached hydrogens (tertiary/aromatic N) is 2. The maximum absolute atomic E-state index is 10.6. The van der Waals surface area contributed by atoms with Gasteiger partial charge in [-0.1, -0.05) is 6.92 Å². The number of benzene rings is 1. The second-order valence-corrected chi connectivity index (χ2v) is 4.48. The van der Waals surface area contributed by atoms with Crippen molar-refractivity contribution < 1.29 is 10.0 Å². The number of non-ortho nitro benzene ring substituents is 1. The van der Waals surface area contributed by atoms with Gasteiger partial charge in [0.05, 0.1) is 17.6 Å². The van der Waals surface area contributed by atoms with Crippen molar-refractivity contribution in [2.75, 3.05) is 18.1 Å². The minimum Gasteiger partial charge on any atom is -0.394 e. The van der Waals surface area contributed by atoms with Crippen LogP contribution in [0.4, 0.5) is 11.4 Å². The molecule has 2 unspecified atom stereocenters. The number of hydrogen-bond donors (Lipinski definition) is 1. The van der Waals surface area contributed by atoms with E-state index in [1.165, 1.54) is 12.1 Å². The first-order chi connectivity index (χ1) is 8.13. The summed E-state index contributed by atoms with van der Waals surface area (Å²) in [4.78, 5) is 12.3. The number of nitro benzene ring substituents is 1. The van der Waals surface area contributed by atoms with Crippen molar-refractivity contribution in [3.8, 4) is 0 Å². The van der Waals surface area contributed by atoms with Crippen LogP contribution in [-0.4, -0.2) is 29.2 Å². The fraction of sp³-hybridized carbons (Fsp3) is 0.500. The number of aliphatic hydroxyl groups excluding tert-OH is 1. The molecule has 1 heterocycles. The van der Waals surface area contributed by atoms with Crippen LogP contribution in [0.1, 0.15) is 13.3 Å². The molecule has 2 rings (SSSR count). The summed E-state index contributed by atoms with van der Waals surface area (Å²) in [6.07, 6.45) is 1.04. The molecule has 1 aliphatic heterocycles. The van der Waals surface area contributed by atoms with Crippen molar-refractivity contribution in [2.24, 2.45) is 5.92 Å². The van der Waals surface area contributed by atoms with E-state index in [1.807, 2.05) is 0 Å². The summed E-state index contributed by atoms with van der Waals surface area (Å²) in [5.41, 5.74) is 1.04. The molecule has 5 nitrogen and oxygen atoms in total. The van der Waals surface area contributed by atoms with E-state index in [0.29, 0.717) is 5.92 Å². The highest BCUT2D eigenvalue weighted by Crippen LogP contribution is 2.30. The van der Waals surface area contributed by atoms with E-state index in [2.05, 4.69) is 11.8 Å². The number of aliphatic hydroxyl groups is 1. The van der Waals surface area contributed by atoms with Crippen LogP contribution in [0.25, 0.3) is 0 Å². The third kappa shape index (κ3) is 2.24. The van der Waals surface area contributed by atoms with Gasteiger partial charge in [-0.05, 0) is 24.5 Å². The molecular weight excluding hydrogens is 220 g/mol. The molecule has 0 aliphatic carbocycles. The van der Waals surface area contributed by atoms with Gasteiger partial charge in [0.1, 0.15) is 0 Å². The Morgan fingerprint density at radius 1 is 1.47 bits per heavy atom. The normalized spacial score (nSPS) is 24.0. The Labute approximate surface area is 99.8 Å². The summed E-state index contributed by atoms with van der Waals surface area (Å²) in [5.74, 6) is 0.454. The third-order valence-electron chi connectivity index (χ3n) is 3.46. The Kier molecular flexibility index (Phi) is 3.28. The van der Waals surface area contributed by atoms with Crippen LogP contribution in [-0.2, 0) is 0 Å². The van der Waals surface area contributed by atoms with E-state index in [1.54, 1.807) is 12.1 Å². The molecule has 1 N–H and O–H groups in total. The van der Waals surface area contributed by atoms with Crippen molar-refractivity contribution >= 4 is 11.4 Å². The molecule has 1 fully saturated rings. The van der Waals surface area contributed by atoms with Crippen molar-refractivity contribution in [1.29, 1.82) is 0 Å². The van der Waals surface area contributed by atoms with Gasteiger partial charge in [-0.2, -0.15) is 0 Å². The largest absolute Gasteiger partial charge is 0.394 e. The summed E-state index contributed by atoms with van der Waals surface area (Å²) in [7, 11) is 0. The summed E-state index contributed by atoms with van der Waals surface area (Å²) in [6.45, 7) is 3.13. The van der Waals surface area contributed by atoms with Gasteiger partial charge in [0, 0.05) is 24.4 Å². The molecule has 1 aliphatic rings. The number of rotatable bonds is 3. The van der Waals surface area contributed by atoms with Crippen LogP contribution in [0.2, 0.25) is 0 Å². The van der Waals surface area contributed by atoms with Crippen molar-refractivity contribution in [3.05, 3.63) is 34.4 Å². The maximum atomic E-state index is 10.6. The predicted molar refractivity (Wildman–Crippen MR) is 65.1 cm³/mol. The minimum atomic E-state index is -0.403. The summed E-state index contributed by atoms with van der Waals surface area (Å²) >= 11 is 0. The molecule has 0 radical (unpaired) electrons. The smallest absolute Gasteiger partial charge is 0.269 e. The van der Waals surface area contributed by atoms with E-state index >= 15 is 0 Å². The van der Waals surface area contributed by atoms with Gasteiger partial charge >= 0.3 is 0 Å². The lowest BCUT2D eigenvalue weighted by atomic mass is 10.0. The van der Waals surface area contributed by atoms with Crippen molar-refractivity contribution in [3.63, 3.8) is 0 Å². The second kappa shape index (κ2) is 4.71. The third-order valence-corrected chi connectivity index (χ3v) is 3.46. The monoisotopic (exact) mass is 236 g/mol. The molecule has 0 aromatic heterocycles. The van der Waals surface area contributed by atoms with Gasteiger partial charge < -0.3 is 10.0 Å². The molecule has 1 saturated heterocycles. The highest BCUT2D eigenvalue weighted by atomic mass is 16.6. The van der Waals surface area contributed by atoms with Crippen LogP contribution in [0.15, 0.2) is 24.3 Å². The Morgan fingerprint density at radius 3 is 2.65 bits per heavy atom. The maximum Gasteiger partial charge on any atom is 0.269 e. The molecule has 0 bridgehead atoms. The number of nitro groups is 1. The predicted octanol–water partition coefficient (Wildman–Crippen LogP) is 1.80. The van der Waals surface area contributed by atoms with Crippen LogP contribution >= 0.6 is 0 Å². The zero-order chi connectivity index (χ0) is 12.4. The lowest BCUT2D eigenvalue weighted by Gasteiger charge is -2.27. The summed E-state index contributed by atoms with van der Waals surface area (Å²) in [5, 5.41) is 19.9. The zero-order valence-corrected chi connectivity index (χ0v) is 9.74. The molecule has 1 aromatic carbocycles. The minimum absolute atomic E-state index is 0.0987. The molecule has 1 aromatic rings. The Hall–Kier alpha value is -1.62. The van der Waals surface area contributed by atoms with Crippen LogP contribution < -0.4 is 4.90 Å². The van der Waals surface area contributed by atoms with Gasteiger partial charge in [-0.25, -0.2) is 0 Å². The van der Waals surface area contributed by atoms with Crippen LogP contribution in [0.3, 0.4) is 0 Å². The molecule has 5 heteroatoms. The molecule has 2 atom stereocenters. The van der Waals surface area contributed by atoms with Crippen molar-refractivity contribution in [1.82, 2.24) is 0 Å². The van der Waals surface area contributed by atoms with E-state index in [9.17, 15) is 15.2 Å². The standard InChI is InChI=1S/C12H16N2O3/c1-9-6-7-13(12(9)8-15)10-2-4-11(5-3-10)14(16)17/h2-5,9,12,15H,6-8H2,1H3. The molecule has 0 saturated carbocycles. The Balaban J connectivity index is 2.20. The fourth-order valence-corrected chi connectivity index (χ4v) is 2.37. The van der Waals surface area contributed by atoms with E-state index in [4.69, 9.17) is 0 Å². The molecule has 0 spiro atoms. The first kappa shape index (κ1) is 11.9. The summed E-state index contributed by atoms with van der Waals surface area (Å²) in [6, 6.07) is 6.63.